The van der Waals surface area contributed by atoms with Crippen LogP contribution in [0, 0.1) is 6.92 Å². The van der Waals surface area contributed by atoms with E-state index in [-0.39, 0.29) is 29.9 Å². The normalized spacial score (nSPS) is 11.1. The van der Waals surface area contributed by atoms with E-state index in [9.17, 15) is 4.79 Å². The molecule has 7 heteroatoms. The van der Waals surface area contributed by atoms with Gasteiger partial charge in [0.1, 0.15) is 0 Å². The van der Waals surface area contributed by atoms with E-state index in [0.717, 1.165) is 38.4 Å². The summed E-state index contributed by atoms with van der Waals surface area (Å²) in [5.74, 6) is 0.812. The number of aromatic nitrogens is 1. The number of aliphatic imine (C=N–C) groups is 1. The molecule has 0 saturated heterocycles. The summed E-state index contributed by atoms with van der Waals surface area (Å²) >= 11 is 0. The number of nitrogens with zero attached hydrogens (tertiary/aromatic N) is 1. The maximum absolute atomic E-state index is 11.6. The van der Waals surface area contributed by atoms with Gasteiger partial charge in [-0.1, -0.05) is 19.1 Å². The first-order valence-corrected chi connectivity index (χ1v) is 9.49. The number of aromatic amines is 1. The molecule has 0 aliphatic heterocycles. The van der Waals surface area contributed by atoms with E-state index in [1.165, 1.54) is 22.0 Å². The fourth-order valence-corrected chi connectivity index (χ4v) is 2.79. The number of carbonyl (C=O) groups excluding carboxylic acids is 1. The zero-order valence-corrected chi connectivity index (χ0v) is 18.9. The van der Waals surface area contributed by atoms with Crippen LogP contribution in [0.5, 0.6) is 0 Å². The van der Waals surface area contributed by atoms with Crippen LogP contribution in [0.15, 0.2) is 29.4 Å². The number of rotatable bonds is 9. The summed E-state index contributed by atoms with van der Waals surface area (Å²) in [6.07, 6.45) is 4.35. The maximum Gasteiger partial charge on any atom is 0.221 e. The van der Waals surface area contributed by atoms with Gasteiger partial charge in [-0.05, 0) is 43.9 Å². The molecule has 1 heterocycles. The van der Waals surface area contributed by atoms with Crippen LogP contribution in [0.25, 0.3) is 10.9 Å². The number of nitrogens with one attached hydrogen (secondary N) is 4. The van der Waals surface area contributed by atoms with Crippen LogP contribution in [0.2, 0.25) is 0 Å². The smallest absolute Gasteiger partial charge is 0.221 e. The Morgan fingerprint density at radius 1 is 1.15 bits per heavy atom. The van der Waals surface area contributed by atoms with Gasteiger partial charge in [0, 0.05) is 43.2 Å². The van der Waals surface area contributed by atoms with Gasteiger partial charge in [-0.3, -0.25) is 9.79 Å². The van der Waals surface area contributed by atoms with Crippen molar-refractivity contribution < 1.29 is 4.79 Å². The molecular weight excluding hydrogens is 453 g/mol. The van der Waals surface area contributed by atoms with Crippen molar-refractivity contribution in [1.82, 2.24) is 20.9 Å². The summed E-state index contributed by atoms with van der Waals surface area (Å²) in [7, 11) is 0. The molecule has 0 spiro atoms. The molecule has 2 aromatic rings. The number of halogens is 1. The molecule has 0 aliphatic carbocycles. The molecular formula is C20H32IN5O. The molecule has 1 aromatic heterocycles. The molecule has 0 unspecified atom stereocenters. The number of hydrogen-bond acceptors (Lipinski definition) is 2. The Morgan fingerprint density at radius 3 is 2.70 bits per heavy atom. The molecule has 0 saturated carbocycles. The molecule has 1 aromatic carbocycles. The average molecular weight is 485 g/mol. The SMILES string of the molecule is CCCNC(=O)CCN=C(NCC)NCCc1c[nH]c2cc(C)ccc12.I. The maximum atomic E-state index is 11.6. The van der Waals surface area contributed by atoms with Crippen LogP contribution >= 0.6 is 24.0 Å². The van der Waals surface area contributed by atoms with Gasteiger partial charge < -0.3 is 20.9 Å². The van der Waals surface area contributed by atoms with Gasteiger partial charge in [-0.15, -0.1) is 24.0 Å². The second-order valence-electron chi connectivity index (χ2n) is 6.40. The molecule has 27 heavy (non-hydrogen) atoms. The lowest BCUT2D eigenvalue weighted by molar-refractivity contribution is -0.120. The summed E-state index contributed by atoms with van der Waals surface area (Å²) in [4.78, 5) is 19.5. The highest BCUT2D eigenvalue weighted by molar-refractivity contribution is 14.0. The van der Waals surface area contributed by atoms with Crippen molar-refractivity contribution in [3.8, 4) is 0 Å². The first-order chi connectivity index (χ1) is 12.6. The minimum absolute atomic E-state index is 0. The Balaban J connectivity index is 0.00000364. The van der Waals surface area contributed by atoms with E-state index in [4.69, 9.17) is 0 Å². The molecule has 2 rings (SSSR count). The highest BCUT2D eigenvalue weighted by Gasteiger charge is 2.05. The number of guanidine groups is 1. The van der Waals surface area contributed by atoms with Crippen molar-refractivity contribution in [2.24, 2.45) is 4.99 Å². The van der Waals surface area contributed by atoms with Crippen molar-refractivity contribution in [3.63, 3.8) is 0 Å². The Morgan fingerprint density at radius 2 is 1.96 bits per heavy atom. The molecule has 0 atom stereocenters. The van der Waals surface area contributed by atoms with E-state index in [2.05, 4.69) is 57.2 Å². The molecule has 0 radical (unpaired) electrons. The lowest BCUT2D eigenvalue weighted by Crippen LogP contribution is -2.38. The Hall–Kier alpha value is -1.77. The first-order valence-electron chi connectivity index (χ1n) is 9.49. The largest absolute Gasteiger partial charge is 0.361 e. The summed E-state index contributed by atoms with van der Waals surface area (Å²) < 4.78 is 0. The Labute approximate surface area is 179 Å². The van der Waals surface area contributed by atoms with Gasteiger partial charge >= 0.3 is 0 Å². The third kappa shape index (κ3) is 7.78. The summed E-state index contributed by atoms with van der Waals surface area (Å²) in [6.45, 7) is 8.97. The fourth-order valence-electron chi connectivity index (χ4n) is 2.79. The number of hydrogen-bond donors (Lipinski definition) is 4. The number of amides is 1. The Kier molecular flexibility index (Phi) is 10.8. The zero-order chi connectivity index (χ0) is 18.8. The highest BCUT2D eigenvalue weighted by atomic mass is 127. The van der Waals surface area contributed by atoms with Gasteiger partial charge in [-0.2, -0.15) is 0 Å². The number of aryl methyl sites for hydroxylation is 1. The molecule has 150 valence electrons. The number of benzene rings is 1. The van der Waals surface area contributed by atoms with Crippen LogP contribution < -0.4 is 16.0 Å². The third-order valence-electron chi connectivity index (χ3n) is 4.13. The molecule has 0 aliphatic rings. The van der Waals surface area contributed by atoms with Gasteiger partial charge in [0.05, 0.1) is 6.54 Å². The third-order valence-corrected chi connectivity index (χ3v) is 4.13. The second kappa shape index (κ2) is 12.6. The molecule has 4 N–H and O–H groups in total. The standard InChI is InChI=1S/C20H31N5O.HI/c1-4-10-22-19(26)9-12-24-20(21-5-2)23-11-8-16-14-25-18-13-15(3)6-7-17(16)18;/h6-7,13-14,25H,4-5,8-12H2,1-3H3,(H,22,26)(H2,21,23,24);1H. The summed E-state index contributed by atoms with van der Waals surface area (Å²) in [5.41, 5.74) is 3.73. The number of carbonyl (C=O) groups is 1. The minimum Gasteiger partial charge on any atom is -0.361 e. The van der Waals surface area contributed by atoms with Crippen LogP contribution in [0.4, 0.5) is 0 Å². The lowest BCUT2D eigenvalue weighted by atomic mass is 10.1. The van der Waals surface area contributed by atoms with Crippen molar-refractivity contribution in [2.75, 3.05) is 26.2 Å². The highest BCUT2D eigenvalue weighted by Crippen LogP contribution is 2.19. The van der Waals surface area contributed by atoms with Gasteiger partial charge in [0.2, 0.25) is 5.91 Å². The van der Waals surface area contributed by atoms with E-state index in [1.54, 1.807) is 0 Å². The Bertz CT molecular complexity index is 741. The monoisotopic (exact) mass is 485 g/mol. The van der Waals surface area contributed by atoms with Crippen molar-refractivity contribution in [1.29, 1.82) is 0 Å². The van der Waals surface area contributed by atoms with Crippen molar-refractivity contribution in [3.05, 3.63) is 35.5 Å². The second-order valence-corrected chi connectivity index (χ2v) is 6.40. The first kappa shape index (κ1) is 23.3. The topological polar surface area (TPSA) is 81.3 Å². The van der Waals surface area contributed by atoms with Crippen molar-refractivity contribution >= 4 is 46.7 Å². The predicted octanol–water partition coefficient (Wildman–Crippen LogP) is 3.11. The fraction of sp³-hybridized carbons (Fsp3) is 0.500. The summed E-state index contributed by atoms with van der Waals surface area (Å²) in [6, 6.07) is 6.48. The average Bonchev–Trinajstić information content (AvgIpc) is 3.02. The van der Waals surface area contributed by atoms with E-state index < -0.39 is 0 Å². The molecule has 0 fully saturated rings. The lowest BCUT2D eigenvalue weighted by Gasteiger charge is -2.11. The zero-order valence-electron chi connectivity index (χ0n) is 16.5. The van der Waals surface area contributed by atoms with Crippen LogP contribution in [0.1, 0.15) is 37.8 Å². The molecule has 0 bridgehead atoms. The van der Waals surface area contributed by atoms with E-state index in [1.807, 2.05) is 13.8 Å². The predicted molar refractivity (Wildman–Crippen MR) is 124 cm³/mol. The van der Waals surface area contributed by atoms with Gasteiger partial charge in [-0.25, -0.2) is 0 Å². The van der Waals surface area contributed by atoms with Crippen molar-refractivity contribution in [2.45, 2.75) is 40.0 Å². The number of fused-ring (bicyclic) bond motifs is 1. The molecule has 6 nitrogen and oxygen atoms in total. The summed E-state index contributed by atoms with van der Waals surface area (Å²) in [5, 5.41) is 10.7. The van der Waals surface area contributed by atoms with Crippen LogP contribution in [-0.4, -0.2) is 43.0 Å². The van der Waals surface area contributed by atoms with E-state index in [0.29, 0.717) is 13.0 Å². The van der Waals surface area contributed by atoms with Crippen LogP contribution in [-0.2, 0) is 11.2 Å². The minimum atomic E-state index is 0. The van der Waals surface area contributed by atoms with E-state index >= 15 is 0 Å². The quantitative estimate of drug-likeness (QED) is 0.250. The van der Waals surface area contributed by atoms with Gasteiger partial charge in [0.25, 0.3) is 0 Å². The molecule has 1 amide bonds. The van der Waals surface area contributed by atoms with Gasteiger partial charge in [0.15, 0.2) is 5.96 Å². The van der Waals surface area contributed by atoms with Crippen LogP contribution in [0.3, 0.4) is 0 Å². The number of H-pyrrole nitrogens is 1.